The minimum atomic E-state index is 0.0975. The van der Waals surface area contributed by atoms with Crippen molar-refractivity contribution in [2.75, 3.05) is 13.1 Å². The number of amides is 1. The smallest absolute Gasteiger partial charge is 0.265 e. The molecular formula is C15H18N4OS. The van der Waals surface area contributed by atoms with E-state index in [-0.39, 0.29) is 11.8 Å². The molecule has 0 N–H and O–H groups in total. The molecule has 110 valence electrons. The van der Waals surface area contributed by atoms with Crippen LogP contribution < -0.4 is 0 Å². The molecular weight excluding hydrogens is 284 g/mol. The van der Waals surface area contributed by atoms with Gasteiger partial charge in [0.2, 0.25) is 0 Å². The van der Waals surface area contributed by atoms with Crippen molar-refractivity contribution >= 4 is 17.2 Å². The summed E-state index contributed by atoms with van der Waals surface area (Å²) in [7, 11) is 0. The van der Waals surface area contributed by atoms with Gasteiger partial charge in [-0.1, -0.05) is 0 Å². The maximum absolute atomic E-state index is 12.6. The molecule has 1 saturated heterocycles. The fourth-order valence-electron chi connectivity index (χ4n) is 2.73. The molecule has 0 bridgehead atoms. The summed E-state index contributed by atoms with van der Waals surface area (Å²) in [6.45, 7) is 5.36. The highest BCUT2D eigenvalue weighted by Crippen LogP contribution is 2.27. The highest BCUT2D eigenvalue weighted by atomic mass is 32.1. The van der Waals surface area contributed by atoms with E-state index < -0.39 is 0 Å². The molecule has 1 atom stereocenters. The van der Waals surface area contributed by atoms with Gasteiger partial charge in [0.05, 0.1) is 22.6 Å². The minimum Gasteiger partial charge on any atom is -0.337 e. The van der Waals surface area contributed by atoms with Gasteiger partial charge in [-0.05, 0) is 26.7 Å². The van der Waals surface area contributed by atoms with Crippen molar-refractivity contribution in [1.82, 2.24) is 19.9 Å². The highest BCUT2D eigenvalue weighted by molar-refractivity contribution is 7.11. The molecule has 2 aromatic rings. The summed E-state index contributed by atoms with van der Waals surface area (Å²) in [6.07, 6.45) is 5.65. The van der Waals surface area contributed by atoms with Crippen LogP contribution in [0.5, 0.6) is 0 Å². The Kier molecular flexibility index (Phi) is 3.96. The van der Waals surface area contributed by atoms with E-state index in [1.165, 1.54) is 11.3 Å². The molecule has 0 aromatic carbocycles. The van der Waals surface area contributed by atoms with Gasteiger partial charge in [-0.2, -0.15) is 0 Å². The first-order valence-corrected chi connectivity index (χ1v) is 8.01. The standard InChI is InChI=1S/C15H18N4OS/c1-10-6-16-7-13(18-10)12-4-3-5-19(8-12)15(20)14-11(2)17-9-21-14/h6-7,9,12H,3-5,8H2,1-2H3/t12-/m1/s1. The molecule has 0 radical (unpaired) electrons. The van der Waals surface area contributed by atoms with Crippen LogP contribution in [-0.2, 0) is 0 Å². The zero-order valence-electron chi connectivity index (χ0n) is 12.2. The summed E-state index contributed by atoms with van der Waals surface area (Å²) in [5.41, 5.74) is 4.47. The summed E-state index contributed by atoms with van der Waals surface area (Å²) < 4.78 is 0. The number of hydrogen-bond acceptors (Lipinski definition) is 5. The summed E-state index contributed by atoms with van der Waals surface area (Å²) in [6, 6.07) is 0. The van der Waals surface area contributed by atoms with Crippen LogP contribution in [0, 0.1) is 13.8 Å². The second-order valence-electron chi connectivity index (χ2n) is 5.44. The molecule has 3 rings (SSSR count). The Morgan fingerprint density at radius 2 is 2.24 bits per heavy atom. The Hall–Kier alpha value is -1.82. The molecule has 0 unspecified atom stereocenters. The Balaban J connectivity index is 1.77. The van der Waals surface area contributed by atoms with Gasteiger partial charge >= 0.3 is 0 Å². The first kappa shape index (κ1) is 14.1. The average Bonchev–Trinajstić information content (AvgIpc) is 2.93. The van der Waals surface area contributed by atoms with Gasteiger partial charge in [0.1, 0.15) is 4.88 Å². The van der Waals surface area contributed by atoms with Gasteiger partial charge in [0.25, 0.3) is 5.91 Å². The predicted molar refractivity (Wildman–Crippen MR) is 81.5 cm³/mol. The Labute approximate surface area is 128 Å². The van der Waals surface area contributed by atoms with Crippen LogP contribution in [0.4, 0.5) is 0 Å². The van der Waals surface area contributed by atoms with Crippen molar-refractivity contribution < 1.29 is 4.79 Å². The van der Waals surface area contributed by atoms with Gasteiger partial charge in [0, 0.05) is 31.4 Å². The van der Waals surface area contributed by atoms with Crippen LogP contribution in [0.3, 0.4) is 0 Å². The molecule has 6 heteroatoms. The molecule has 1 aliphatic heterocycles. The molecule has 0 aliphatic carbocycles. The number of likely N-dealkylation sites (tertiary alicyclic amines) is 1. The summed E-state index contributed by atoms with van der Waals surface area (Å²) >= 11 is 1.42. The maximum atomic E-state index is 12.6. The molecule has 1 amide bonds. The van der Waals surface area contributed by atoms with Crippen LogP contribution in [0.1, 0.15) is 45.5 Å². The number of thiazole rings is 1. The lowest BCUT2D eigenvalue weighted by Gasteiger charge is -2.32. The van der Waals surface area contributed by atoms with Gasteiger partial charge < -0.3 is 4.90 Å². The van der Waals surface area contributed by atoms with E-state index in [1.54, 1.807) is 11.7 Å². The van der Waals surface area contributed by atoms with E-state index in [0.717, 1.165) is 41.3 Å². The van der Waals surface area contributed by atoms with Gasteiger partial charge in [0.15, 0.2) is 0 Å². The van der Waals surface area contributed by atoms with Gasteiger partial charge in [-0.15, -0.1) is 11.3 Å². The molecule has 2 aromatic heterocycles. The quantitative estimate of drug-likeness (QED) is 0.855. The number of aryl methyl sites for hydroxylation is 2. The van der Waals surface area contributed by atoms with Crippen LogP contribution in [0.2, 0.25) is 0 Å². The van der Waals surface area contributed by atoms with Crippen molar-refractivity contribution in [1.29, 1.82) is 0 Å². The van der Waals surface area contributed by atoms with Crippen molar-refractivity contribution in [2.24, 2.45) is 0 Å². The molecule has 21 heavy (non-hydrogen) atoms. The van der Waals surface area contributed by atoms with E-state index in [1.807, 2.05) is 24.9 Å². The van der Waals surface area contributed by atoms with Crippen LogP contribution in [0.25, 0.3) is 0 Å². The maximum Gasteiger partial charge on any atom is 0.265 e. The van der Waals surface area contributed by atoms with Crippen LogP contribution >= 0.6 is 11.3 Å². The van der Waals surface area contributed by atoms with Crippen LogP contribution in [-0.4, -0.2) is 38.8 Å². The molecule has 1 fully saturated rings. The fraction of sp³-hybridized carbons (Fsp3) is 0.467. The number of hydrogen-bond donors (Lipinski definition) is 0. The SMILES string of the molecule is Cc1cncc([C@@H]2CCCN(C(=O)c3scnc3C)C2)n1. The largest absolute Gasteiger partial charge is 0.337 e. The van der Waals surface area contributed by atoms with Crippen molar-refractivity contribution in [3.05, 3.63) is 39.9 Å². The molecule has 0 saturated carbocycles. The first-order chi connectivity index (χ1) is 10.1. The average molecular weight is 302 g/mol. The topological polar surface area (TPSA) is 59.0 Å². The summed E-state index contributed by atoms with van der Waals surface area (Å²) in [5, 5.41) is 0. The summed E-state index contributed by atoms with van der Waals surface area (Å²) in [4.78, 5) is 28.2. The zero-order chi connectivity index (χ0) is 14.8. The zero-order valence-corrected chi connectivity index (χ0v) is 13.1. The Bertz CT molecular complexity index is 655. The first-order valence-electron chi connectivity index (χ1n) is 7.13. The number of carbonyl (C=O) groups is 1. The lowest BCUT2D eigenvalue weighted by Crippen LogP contribution is -2.39. The van der Waals surface area contributed by atoms with E-state index in [9.17, 15) is 4.79 Å². The number of nitrogens with zero attached hydrogens (tertiary/aromatic N) is 4. The number of aromatic nitrogens is 3. The van der Waals surface area contributed by atoms with Gasteiger partial charge in [-0.25, -0.2) is 4.98 Å². The van der Waals surface area contributed by atoms with Crippen molar-refractivity contribution in [2.45, 2.75) is 32.6 Å². The van der Waals surface area contributed by atoms with E-state index in [0.29, 0.717) is 6.54 Å². The van der Waals surface area contributed by atoms with E-state index in [2.05, 4.69) is 15.0 Å². The number of carbonyl (C=O) groups excluding carboxylic acids is 1. The third-order valence-electron chi connectivity index (χ3n) is 3.84. The highest BCUT2D eigenvalue weighted by Gasteiger charge is 2.28. The third-order valence-corrected chi connectivity index (χ3v) is 4.76. The predicted octanol–water partition coefficient (Wildman–Crippen LogP) is 2.57. The van der Waals surface area contributed by atoms with E-state index >= 15 is 0 Å². The fourth-order valence-corrected chi connectivity index (χ4v) is 3.50. The third kappa shape index (κ3) is 2.95. The Morgan fingerprint density at radius 1 is 1.38 bits per heavy atom. The van der Waals surface area contributed by atoms with Crippen molar-refractivity contribution in [3.63, 3.8) is 0 Å². The summed E-state index contributed by atoms with van der Waals surface area (Å²) in [5.74, 6) is 0.378. The second-order valence-corrected chi connectivity index (χ2v) is 6.30. The monoisotopic (exact) mass is 302 g/mol. The van der Waals surface area contributed by atoms with Gasteiger partial charge in [-0.3, -0.25) is 14.8 Å². The molecule has 1 aliphatic rings. The molecule has 3 heterocycles. The normalized spacial score (nSPS) is 18.8. The number of piperidine rings is 1. The van der Waals surface area contributed by atoms with Crippen LogP contribution in [0.15, 0.2) is 17.9 Å². The Morgan fingerprint density at radius 3 is 2.95 bits per heavy atom. The van der Waals surface area contributed by atoms with E-state index in [4.69, 9.17) is 0 Å². The minimum absolute atomic E-state index is 0.0975. The number of rotatable bonds is 2. The second kappa shape index (κ2) is 5.89. The van der Waals surface area contributed by atoms with Crippen molar-refractivity contribution in [3.8, 4) is 0 Å². The molecule has 0 spiro atoms. The molecule has 5 nitrogen and oxygen atoms in total. The lowest BCUT2D eigenvalue weighted by molar-refractivity contribution is 0.0709. The lowest BCUT2D eigenvalue weighted by atomic mass is 9.95.